The molecule has 3 amide bonds. The Balaban J connectivity index is 1.15. The van der Waals surface area contributed by atoms with Crippen molar-refractivity contribution in [2.24, 2.45) is 5.92 Å². The molecule has 7 atom stereocenters. The Morgan fingerprint density at radius 3 is 1.66 bits per heavy atom. The highest BCUT2D eigenvalue weighted by molar-refractivity contribution is 6.03. The largest absolute Gasteiger partial charge is 0.497 e. The van der Waals surface area contributed by atoms with Crippen LogP contribution in [0.1, 0.15) is 141 Å². The van der Waals surface area contributed by atoms with E-state index in [1.54, 1.807) is 24.1 Å². The minimum atomic E-state index is -1.60. The number of esters is 5. The Morgan fingerprint density at radius 2 is 1.14 bits per heavy atom. The molecule has 3 N–H and O–H groups in total. The Labute approximate surface area is 425 Å². The molecule has 0 radical (unpaired) electrons. The number of aliphatic hydroxyl groups excluding tert-OH is 1. The van der Waals surface area contributed by atoms with Gasteiger partial charge < -0.3 is 49.1 Å². The van der Waals surface area contributed by atoms with E-state index >= 15 is 0 Å². The smallest absolute Gasteiger partial charge is 0.303 e. The summed E-state index contributed by atoms with van der Waals surface area (Å²) in [6.07, 6.45) is 1.16. The molecule has 5 unspecified atom stereocenters. The number of carbonyl (C=O) groups excluding carboxylic acids is 8. The normalized spacial score (nSPS) is 16.1. The van der Waals surface area contributed by atoms with Gasteiger partial charge in [-0.1, -0.05) is 74.9 Å². The molecule has 3 aromatic carbocycles. The average Bonchev–Trinajstić information content (AvgIpc) is 3.34. The number of amides is 3. The number of methoxy groups -OCH3 is 1. The van der Waals surface area contributed by atoms with Crippen LogP contribution in [0.15, 0.2) is 72.8 Å². The van der Waals surface area contributed by atoms with Gasteiger partial charge in [0.25, 0.3) is 0 Å². The fraction of sp³-hybridized carbons (Fsp3) is 0.519. The van der Waals surface area contributed by atoms with Gasteiger partial charge in [-0.15, -0.1) is 0 Å². The van der Waals surface area contributed by atoms with Gasteiger partial charge in [-0.25, -0.2) is 4.39 Å². The van der Waals surface area contributed by atoms with Crippen LogP contribution in [0, 0.1) is 11.7 Å². The lowest BCUT2D eigenvalue weighted by Gasteiger charge is -2.48. The number of β-lactam (4-membered cyclic amide) rings is 1. The standard InChI is InChI=1S/C54H70FN3O15/c1-34(59)69-33-48(71-36(3)61)53(73-38(5)63)52(72-37(4)62)47(70-35(2)60)32-57-50(66)16-14-12-10-8-7-9-11-13-15-49(65)56-31-39-17-25-43(26-18-39)58-51(41-21-27-44(68-6)28-22-41)45(54(58)67)29-30-46(64)40-19-23-42(55)24-20-40/h17-28,45-48,51-53,64H,7-16,29-33H2,1-6H3,(H,56,65)(H,57,66)/t45-,46?,47?,48?,51-,52?,53?/m1/s1. The summed E-state index contributed by atoms with van der Waals surface area (Å²) in [7, 11) is 1.59. The number of rotatable bonds is 31. The molecule has 19 heteroatoms. The Hall–Kier alpha value is -6.89. The molecule has 0 aliphatic carbocycles. The highest BCUT2D eigenvalue weighted by Gasteiger charge is 2.48. The second kappa shape index (κ2) is 30.2. The Kier molecular flexibility index (Phi) is 24.3. The fourth-order valence-corrected chi connectivity index (χ4v) is 8.63. The number of halogens is 1. The summed E-state index contributed by atoms with van der Waals surface area (Å²) in [5.74, 6) is -4.65. The molecule has 18 nitrogen and oxygen atoms in total. The number of anilines is 1. The second-order valence-electron chi connectivity index (χ2n) is 18.0. The molecular formula is C54H70FN3O15. The quantitative estimate of drug-likeness (QED) is 0.0255. The molecule has 0 saturated carbocycles. The number of nitrogens with zero attached hydrogens (tertiary/aromatic N) is 1. The van der Waals surface area contributed by atoms with Crippen LogP contribution in [0.3, 0.4) is 0 Å². The van der Waals surface area contributed by atoms with E-state index < -0.39 is 67.0 Å². The molecule has 73 heavy (non-hydrogen) atoms. The van der Waals surface area contributed by atoms with Gasteiger partial charge in [0, 0.05) is 59.7 Å². The summed E-state index contributed by atoms with van der Waals surface area (Å²) in [6, 6.07) is 20.6. The van der Waals surface area contributed by atoms with Crippen molar-refractivity contribution in [3.05, 3.63) is 95.3 Å². The van der Waals surface area contributed by atoms with Crippen LogP contribution >= 0.6 is 0 Å². The zero-order chi connectivity index (χ0) is 53.5. The molecule has 4 rings (SSSR count). The molecule has 398 valence electrons. The summed E-state index contributed by atoms with van der Waals surface area (Å²) in [5, 5.41) is 16.4. The lowest BCUT2D eigenvalue weighted by atomic mass is 9.78. The number of hydrogen-bond donors (Lipinski definition) is 3. The van der Waals surface area contributed by atoms with Gasteiger partial charge in [0.05, 0.1) is 31.7 Å². The van der Waals surface area contributed by atoms with Crippen molar-refractivity contribution in [2.45, 2.75) is 155 Å². The van der Waals surface area contributed by atoms with Gasteiger partial charge in [-0.3, -0.25) is 38.4 Å². The first-order valence-corrected chi connectivity index (χ1v) is 24.7. The van der Waals surface area contributed by atoms with Gasteiger partial charge in [-0.2, -0.15) is 0 Å². The van der Waals surface area contributed by atoms with Crippen LogP contribution in [0.5, 0.6) is 5.75 Å². The molecule has 1 aliphatic rings. The number of hydrogen-bond acceptors (Lipinski definition) is 15. The van der Waals surface area contributed by atoms with Crippen LogP contribution < -0.4 is 20.3 Å². The van der Waals surface area contributed by atoms with Crippen LogP contribution in [-0.2, 0) is 68.6 Å². The van der Waals surface area contributed by atoms with E-state index in [1.165, 1.54) is 12.1 Å². The van der Waals surface area contributed by atoms with Gasteiger partial charge in [0.15, 0.2) is 24.4 Å². The number of aliphatic hydroxyl groups is 1. The molecular weight excluding hydrogens is 950 g/mol. The van der Waals surface area contributed by atoms with E-state index in [-0.39, 0.29) is 48.5 Å². The Bertz CT molecular complexity index is 2290. The molecule has 0 aromatic heterocycles. The predicted octanol–water partition coefficient (Wildman–Crippen LogP) is 6.98. The Morgan fingerprint density at radius 1 is 0.630 bits per heavy atom. The monoisotopic (exact) mass is 1020 g/mol. The minimum absolute atomic E-state index is 0.0544. The number of carbonyl (C=O) groups is 8. The van der Waals surface area contributed by atoms with Crippen LogP contribution in [0.25, 0.3) is 0 Å². The molecule has 3 aromatic rings. The maximum Gasteiger partial charge on any atom is 0.303 e. The lowest BCUT2D eigenvalue weighted by molar-refractivity contribution is -0.202. The topological polar surface area (TPSA) is 239 Å². The van der Waals surface area contributed by atoms with Crippen molar-refractivity contribution in [3.8, 4) is 5.75 Å². The predicted molar refractivity (Wildman–Crippen MR) is 264 cm³/mol. The molecule has 1 aliphatic heterocycles. The SMILES string of the molecule is COc1ccc([C@@H]2[C@@H](CCC(O)c3ccc(F)cc3)C(=O)N2c2ccc(CNC(=O)CCCCCCCCCCC(=O)NCC(OC(C)=O)C(OC(C)=O)C(OC(C)=O)C(COC(C)=O)OC(C)=O)cc2)cc1. The van der Waals surface area contributed by atoms with E-state index in [4.69, 9.17) is 28.4 Å². The van der Waals surface area contributed by atoms with Crippen molar-refractivity contribution in [1.29, 1.82) is 0 Å². The van der Waals surface area contributed by atoms with Gasteiger partial charge in [0.1, 0.15) is 18.2 Å². The molecule has 0 spiro atoms. The maximum absolute atomic E-state index is 13.7. The van der Waals surface area contributed by atoms with Gasteiger partial charge in [0.2, 0.25) is 17.7 Å². The molecule has 1 heterocycles. The van der Waals surface area contributed by atoms with Crippen molar-refractivity contribution < 1.29 is 76.3 Å². The first-order chi connectivity index (χ1) is 34.9. The van der Waals surface area contributed by atoms with E-state index in [9.17, 15) is 47.9 Å². The second-order valence-corrected chi connectivity index (χ2v) is 18.0. The zero-order valence-electron chi connectivity index (χ0n) is 42.6. The first-order valence-electron chi connectivity index (χ1n) is 24.7. The van der Waals surface area contributed by atoms with Gasteiger partial charge in [-0.05, 0) is 78.8 Å². The number of unbranched alkanes of at least 4 members (excludes halogenated alkanes) is 7. The van der Waals surface area contributed by atoms with E-state index in [0.29, 0.717) is 43.5 Å². The third-order valence-corrected chi connectivity index (χ3v) is 12.2. The highest BCUT2D eigenvalue weighted by atomic mass is 19.1. The average molecular weight is 1020 g/mol. The van der Waals surface area contributed by atoms with Gasteiger partial charge >= 0.3 is 29.8 Å². The minimum Gasteiger partial charge on any atom is -0.497 e. The summed E-state index contributed by atoms with van der Waals surface area (Å²) in [6.45, 7) is 4.78. The molecule has 1 fully saturated rings. The fourth-order valence-electron chi connectivity index (χ4n) is 8.63. The number of benzene rings is 3. The van der Waals surface area contributed by atoms with E-state index in [0.717, 1.165) is 96.4 Å². The van der Waals surface area contributed by atoms with Crippen molar-refractivity contribution in [1.82, 2.24) is 10.6 Å². The third kappa shape index (κ3) is 19.9. The summed E-state index contributed by atoms with van der Waals surface area (Å²) >= 11 is 0. The lowest BCUT2D eigenvalue weighted by Crippen LogP contribution is -2.55. The number of nitrogens with one attached hydrogen (secondary N) is 2. The van der Waals surface area contributed by atoms with Crippen molar-refractivity contribution >= 4 is 53.3 Å². The van der Waals surface area contributed by atoms with E-state index in [2.05, 4.69) is 10.6 Å². The van der Waals surface area contributed by atoms with Crippen molar-refractivity contribution in [2.75, 3.05) is 25.2 Å². The maximum atomic E-state index is 13.7. The molecule has 0 bridgehead atoms. The van der Waals surface area contributed by atoms with Crippen LogP contribution in [0.4, 0.5) is 10.1 Å². The summed E-state index contributed by atoms with van der Waals surface area (Å²) in [5.41, 5.74) is 3.13. The highest BCUT2D eigenvalue weighted by Crippen LogP contribution is 2.46. The van der Waals surface area contributed by atoms with E-state index in [1.807, 2.05) is 48.5 Å². The summed E-state index contributed by atoms with van der Waals surface area (Å²) < 4.78 is 45.2. The van der Waals surface area contributed by atoms with Crippen LogP contribution in [0.2, 0.25) is 0 Å². The summed E-state index contributed by atoms with van der Waals surface area (Å²) in [4.78, 5) is 101. The zero-order valence-corrected chi connectivity index (χ0v) is 42.6. The van der Waals surface area contributed by atoms with Crippen molar-refractivity contribution in [3.63, 3.8) is 0 Å². The first kappa shape index (κ1) is 58.7. The molecule has 1 saturated heterocycles. The third-order valence-electron chi connectivity index (χ3n) is 12.2. The van der Waals surface area contributed by atoms with Crippen LogP contribution in [-0.4, -0.2) is 97.4 Å². The number of ether oxygens (including phenoxy) is 6.